The van der Waals surface area contributed by atoms with Crippen molar-refractivity contribution in [1.29, 1.82) is 0 Å². The molecule has 0 atom stereocenters. The van der Waals surface area contributed by atoms with Gasteiger partial charge in [-0.2, -0.15) is 0 Å². The summed E-state index contributed by atoms with van der Waals surface area (Å²) in [7, 11) is 0. The highest BCUT2D eigenvalue weighted by atomic mass is 32.1. The number of aromatic nitrogens is 1. The number of aliphatic carboxylic acids is 1. The number of hydrogen-bond donors (Lipinski definition) is 3. The number of thiazole rings is 1. The molecular formula is C17H19N3O3S. The molecular weight excluding hydrogens is 326 g/mol. The van der Waals surface area contributed by atoms with Crippen LogP contribution in [0.2, 0.25) is 0 Å². The minimum atomic E-state index is -0.836. The van der Waals surface area contributed by atoms with Crippen molar-refractivity contribution in [3.63, 3.8) is 0 Å². The summed E-state index contributed by atoms with van der Waals surface area (Å²) in [5.41, 5.74) is 2.57. The molecule has 1 fully saturated rings. The SMILES string of the molecule is O=C(O)CCc1cccc(NC(=O)Nc2nc(C3CCC3)cs2)c1. The Bertz CT molecular complexity index is 740. The number of nitrogens with one attached hydrogen (secondary N) is 2. The summed E-state index contributed by atoms with van der Waals surface area (Å²) in [6, 6.07) is 6.85. The van der Waals surface area contributed by atoms with Gasteiger partial charge in [0.25, 0.3) is 0 Å². The zero-order valence-corrected chi connectivity index (χ0v) is 13.9. The summed E-state index contributed by atoms with van der Waals surface area (Å²) >= 11 is 1.43. The van der Waals surface area contributed by atoms with Gasteiger partial charge in [0, 0.05) is 23.4 Å². The fraction of sp³-hybridized carbons (Fsp3) is 0.353. The van der Waals surface area contributed by atoms with E-state index in [1.54, 1.807) is 18.2 Å². The normalized spacial score (nSPS) is 14.0. The van der Waals surface area contributed by atoms with Gasteiger partial charge in [0.1, 0.15) is 0 Å². The van der Waals surface area contributed by atoms with Crippen LogP contribution in [0.3, 0.4) is 0 Å². The number of urea groups is 1. The predicted octanol–water partition coefficient (Wildman–Crippen LogP) is 4.07. The van der Waals surface area contributed by atoms with E-state index in [0.29, 0.717) is 23.2 Å². The molecule has 1 saturated carbocycles. The number of nitrogens with zero attached hydrogens (tertiary/aromatic N) is 1. The first-order valence-electron chi connectivity index (χ1n) is 7.94. The Morgan fingerprint density at radius 1 is 1.29 bits per heavy atom. The van der Waals surface area contributed by atoms with E-state index in [-0.39, 0.29) is 12.5 Å². The number of carboxylic acids is 1. The van der Waals surface area contributed by atoms with Crippen LogP contribution in [0.4, 0.5) is 15.6 Å². The molecule has 3 rings (SSSR count). The molecule has 1 aromatic carbocycles. The van der Waals surface area contributed by atoms with Crippen LogP contribution in [0.25, 0.3) is 0 Å². The second kappa shape index (κ2) is 7.44. The molecule has 0 saturated heterocycles. The highest BCUT2D eigenvalue weighted by molar-refractivity contribution is 7.13. The van der Waals surface area contributed by atoms with Gasteiger partial charge in [-0.25, -0.2) is 9.78 Å². The fourth-order valence-electron chi connectivity index (χ4n) is 2.55. The molecule has 0 aliphatic heterocycles. The first kappa shape index (κ1) is 16.4. The first-order chi connectivity index (χ1) is 11.6. The van der Waals surface area contributed by atoms with Gasteiger partial charge in [-0.15, -0.1) is 11.3 Å². The van der Waals surface area contributed by atoms with Gasteiger partial charge in [0.15, 0.2) is 5.13 Å². The van der Waals surface area contributed by atoms with Gasteiger partial charge in [-0.05, 0) is 37.0 Å². The van der Waals surface area contributed by atoms with E-state index in [2.05, 4.69) is 15.6 Å². The van der Waals surface area contributed by atoms with Crippen molar-refractivity contribution in [1.82, 2.24) is 4.98 Å². The van der Waals surface area contributed by atoms with Gasteiger partial charge in [0.2, 0.25) is 0 Å². The highest BCUT2D eigenvalue weighted by Crippen LogP contribution is 2.37. The monoisotopic (exact) mass is 345 g/mol. The standard InChI is InChI=1S/C17H19N3O3S/c21-15(22)8-7-11-3-1-6-13(9-11)18-16(23)20-17-19-14(10-24-17)12-4-2-5-12/h1,3,6,9-10,12H,2,4-5,7-8H2,(H,21,22)(H2,18,19,20,23). The number of rotatable bonds is 6. The van der Waals surface area contributed by atoms with Crippen LogP contribution in [-0.2, 0) is 11.2 Å². The number of benzene rings is 1. The number of carboxylic acid groups (broad SMARTS) is 1. The minimum Gasteiger partial charge on any atom is -0.481 e. The molecule has 1 aromatic heterocycles. The topological polar surface area (TPSA) is 91.3 Å². The summed E-state index contributed by atoms with van der Waals surface area (Å²) < 4.78 is 0. The molecule has 6 nitrogen and oxygen atoms in total. The van der Waals surface area contributed by atoms with Crippen molar-refractivity contribution >= 4 is 34.2 Å². The van der Waals surface area contributed by atoms with Gasteiger partial charge in [-0.3, -0.25) is 10.1 Å². The quantitative estimate of drug-likeness (QED) is 0.736. The van der Waals surface area contributed by atoms with E-state index in [0.717, 1.165) is 11.3 Å². The predicted molar refractivity (Wildman–Crippen MR) is 93.7 cm³/mol. The number of amides is 2. The number of hydrogen-bond acceptors (Lipinski definition) is 4. The average molecular weight is 345 g/mol. The average Bonchev–Trinajstić information content (AvgIpc) is 2.91. The lowest BCUT2D eigenvalue weighted by Crippen LogP contribution is -2.19. The van der Waals surface area contributed by atoms with Crippen molar-refractivity contribution in [2.24, 2.45) is 0 Å². The Labute approximate surface area is 143 Å². The second-order valence-corrected chi connectivity index (χ2v) is 6.74. The summed E-state index contributed by atoms with van der Waals surface area (Å²) in [4.78, 5) is 27.2. The van der Waals surface area contributed by atoms with Crippen molar-refractivity contribution in [3.8, 4) is 0 Å². The van der Waals surface area contributed by atoms with Crippen LogP contribution in [0.15, 0.2) is 29.6 Å². The van der Waals surface area contributed by atoms with Crippen LogP contribution in [0, 0.1) is 0 Å². The minimum absolute atomic E-state index is 0.0682. The molecule has 2 amide bonds. The zero-order valence-electron chi connectivity index (χ0n) is 13.1. The lowest BCUT2D eigenvalue weighted by molar-refractivity contribution is -0.136. The molecule has 0 radical (unpaired) electrons. The van der Waals surface area contributed by atoms with E-state index < -0.39 is 5.97 Å². The summed E-state index contributed by atoms with van der Waals surface area (Å²) in [5, 5.41) is 16.8. The van der Waals surface area contributed by atoms with Gasteiger partial charge in [-0.1, -0.05) is 18.6 Å². The Morgan fingerprint density at radius 2 is 2.12 bits per heavy atom. The van der Waals surface area contributed by atoms with Crippen LogP contribution in [0.5, 0.6) is 0 Å². The number of anilines is 2. The molecule has 1 aliphatic rings. The second-order valence-electron chi connectivity index (χ2n) is 5.88. The fourth-order valence-corrected chi connectivity index (χ4v) is 3.34. The highest BCUT2D eigenvalue weighted by Gasteiger charge is 2.22. The van der Waals surface area contributed by atoms with Crippen molar-refractivity contribution in [3.05, 3.63) is 40.9 Å². The van der Waals surface area contributed by atoms with Crippen LogP contribution < -0.4 is 10.6 Å². The van der Waals surface area contributed by atoms with Crippen molar-refractivity contribution in [2.75, 3.05) is 10.6 Å². The Balaban J connectivity index is 1.55. The molecule has 7 heteroatoms. The maximum Gasteiger partial charge on any atom is 0.325 e. The summed E-state index contributed by atoms with van der Waals surface area (Å²) in [6.45, 7) is 0. The molecule has 1 heterocycles. The van der Waals surface area contributed by atoms with Gasteiger partial charge < -0.3 is 10.4 Å². The lowest BCUT2D eigenvalue weighted by Gasteiger charge is -2.22. The molecule has 3 N–H and O–H groups in total. The van der Waals surface area contributed by atoms with Crippen molar-refractivity contribution < 1.29 is 14.7 Å². The van der Waals surface area contributed by atoms with Crippen molar-refractivity contribution in [2.45, 2.75) is 38.0 Å². The number of carbonyl (C=O) groups is 2. The first-order valence-corrected chi connectivity index (χ1v) is 8.82. The maximum atomic E-state index is 12.1. The van der Waals surface area contributed by atoms with Gasteiger partial charge >= 0.3 is 12.0 Å². The van der Waals surface area contributed by atoms with E-state index >= 15 is 0 Å². The maximum absolute atomic E-state index is 12.1. The zero-order chi connectivity index (χ0) is 16.9. The summed E-state index contributed by atoms with van der Waals surface area (Å²) in [5.74, 6) is -0.289. The third-order valence-corrected chi connectivity index (χ3v) is 4.85. The Morgan fingerprint density at radius 3 is 2.83 bits per heavy atom. The van der Waals surface area contributed by atoms with E-state index in [4.69, 9.17) is 5.11 Å². The van der Waals surface area contributed by atoms with E-state index in [1.165, 1.54) is 30.6 Å². The Kier molecular flexibility index (Phi) is 5.10. The van der Waals surface area contributed by atoms with Crippen LogP contribution >= 0.6 is 11.3 Å². The number of carbonyl (C=O) groups excluding carboxylic acids is 1. The van der Waals surface area contributed by atoms with Gasteiger partial charge in [0.05, 0.1) is 5.69 Å². The Hall–Kier alpha value is -2.41. The third kappa shape index (κ3) is 4.32. The van der Waals surface area contributed by atoms with Crippen LogP contribution in [-0.4, -0.2) is 22.1 Å². The van der Waals surface area contributed by atoms with E-state index in [1.807, 2.05) is 11.4 Å². The molecule has 0 bridgehead atoms. The largest absolute Gasteiger partial charge is 0.481 e. The van der Waals surface area contributed by atoms with Crippen LogP contribution in [0.1, 0.15) is 42.9 Å². The molecule has 126 valence electrons. The molecule has 0 spiro atoms. The summed E-state index contributed by atoms with van der Waals surface area (Å²) in [6.07, 6.45) is 4.11. The molecule has 24 heavy (non-hydrogen) atoms. The van der Waals surface area contributed by atoms with E-state index in [9.17, 15) is 9.59 Å². The molecule has 0 unspecified atom stereocenters. The lowest BCUT2D eigenvalue weighted by atomic mass is 9.83. The number of aryl methyl sites for hydroxylation is 1. The molecule has 2 aromatic rings. The third-order valence-electron chi connectivity index (χ3n) is 4.08. The smallest absolute Gasteiger partial charge is 0.325 e. The molecule has 1 aliphatic carbocycles.